The number of aryl methyl sites for hydroxylation is 1. The molecule has 2 heterocycles. The van der Waals surface area contributed by atoms with Crippen molar-refractivity contribution in [3.05, 3.63) is 11.7 Å². The summed E-state index contributed by atoms with van der Waals surface area (Å²) in [7, 11) is -2.96. The van der Waals surface area contributed by atoms with Crippen LogP contribution in [0.25, 0.3) is 0 Å². The van der Waals surface area contributed by atoms with Crippen molar-refractivity contribution >= 4 is 15.7 Å². The van der Waals surface area contributed by atoms with Crippen LogP contribution < -0.4 is 5.32 Å². The van der Waals surface area contributed by atoms with Gasteiger partial charge in [0.1, 0.15) is 0 Å². The number of carbonyl (C=O) groups is 1. The van der Waals surface area contributed by atoms with Crippen LogP contribution >= 0.6 is 0 Å². The van der Waals surface area contributed by atoms with Gasteiger partial charge in [-0.15, -0.1) is 0 Å². The SMILES string of the molecule is CC(C)c1noc(CCCC(=O)NC2CCS(=O)(=O)C2)n1. The Labute approximate surface area is 124 Å². The smallest absolute Gasteiger partial charge is 0.226 e. The second-order valence-electron chi connectivity index (χ2n) is 5.72. The first kappa shape index (κ1) is 15.9. The minimum absolute atomic E-state index is 0.0557. The third-order valence-corrected chi connectivity index (χ3v) is 5.16. The number of rotatable bonds is 6. The molecule has 118 valence electrons. The van der Waals surface area contributed by atoms with Crippen LogP contribution in [0.2, 0.25) is 0 Å². The number of aromatic nitrogens is 2. The van der Waals surface area contributed by atoms with Crippen LogP contribution in [0.4, 0.5) is 0 Å². The lowest BCUT2D eigenvalue weighted by molar-refractivity contribution is -0.121. The second kappa shape index (κ2) is 6.55. The van der Waals surface area contributed by atoms with Crippen molar-refractivity contribution in [3.63, 3.8) is 0 Å². The molecule has 0 aliphatic carbocycles. The highest BCUT2D eigenvalue weighted by Gasteiger charge is 2.28. The Kier molecular flexibility index (Phi) is 4.97. The number of sulfone groups is 1. The third-order valence-electron chi connectivity index (χ3n) is 3.39. The highest BCUT2D eigenvalue weighted by atomic mass is 32.2. The van der Waals surface area contributed by atoms with Crippen LogP contribution in [-0.4, -0.2) is 42.0 Å². The average Bonchev–Trinajstić information content (AvgIpc) is 2.96. The van der Waals surface area contributed by atoms with Crippen molar-refractivity contribution in [3.8, 4) is 0 Å². The molecule has 1 N–H and O–H groups in total. The van der Waals surface area contributed by atoms with Gasteiger partial charge in [-0.2, -0.15) is 4.98 Å². The Morgan fingerprint density at radius 3 is 2.81 bits per heavy atom. The van der Waals surface area contributed by atoms with E-state index in [0.29, 0.717) is 37.4 Å². The molecule has 1 aromatic rings. The Bertz CT molecular complexity index is 594. The summed E-state index contributed by atoms with van der Waals surface area (Å²) in [6.07, 6.45) is 1.99. The van der Waals surface area contributed by atoms with E-state index < -0.39 is 9.84 Å². The maximum atomic E-state index is 11.7. The molecule has 0 radical (unpaired) electrons. The molecule has 0 bridgehead atoms. The summed E-state index contributed by atoms with van der Waals surface area (Å²) in [4.78, 5) is 16.0. The van der Waals surface area contributed by atoms with Crippen LogP contribution in [0.15, 0.2) is 4.52 Å². The van der Waals surface area contributed by atoms with Gasteiger partial charge in [0.15, 0.2) is 15.7 Å². The molecule has 1 atom stereocenters. The number of carbonyl (C=O) groups excluding carboxylic acids is 1. The van der Waals surface area contributed by atoms with Gasteiger partial charge in [-0.05, 0) is 12.8 Å². The van der Waals surface area contributed by atoms with Crippen LogP contribution in [0.5, 0.6) is 0 Å². The topological polar surface area (TPSA) is 102 Å². The Morgan fingerprint density at radius 1 is 1.48 bits per heavy atom. The van der Waals surface area contributed by atoms with E-state index >= 15 is 0 Å². The quantitative estimate of drug-likeness (QED) is 0.833. The van der Waals surface area contributed by atoms with Crippen LogP contribution in [0.1, 0.15) is 50.7 Å². The Balaban J connectivity index is 1.69. The number of hydrogen-bond donors (Lipinski definition) is 1. The van der Waals surface area contributed by atoms with Gasteiger partial charge in [-0.1, -0.05) is 19.0 Å². The molecule has 1 amide bonds. The van der Waals surface area contributed by atoms with Gasteiger partial charge < -0.3 is 9.84 Å². The molecule has 1 aliphatic rings. The summed E-state index contributed by atoms with van der Waals surface area (Å²) in [5.41, 5.74) is 0. The predicted octanol–water partition coefficient (Wildman–Crippen LogP) is 0.819. The van der Waals surface area contributed by atoms with Crippen molar-refractivity contribution in [1.82, 2.24) is 15.5 Å². The van der Waals surface area contributed by atoms with Gasteiger partial charge >= 0.3 is 0 Å². The molecule has 0 saturated carbocycles. The molecule has 1 fully saturated rings. The van der Waals surface area contributed by atoms with Gasteiger partial charge in [0.05, 0.1) is 11.5 Å². The molecule has 8 heteroatoms. The minimum atomic E-state index is -2.96. The number of hydrogen-bond acceptors (Lipinski definition) is 6. The van der Waals surface area contributed by atoms with E-state index in [4.69, 9.17) is 4.52 Å². The zero-order valence-corrected chi connectivity index (χ0v) is 13.1. The van der Waals surface area contributed by atoms with Gasteiger partial charge in [0.2, 0.25) is 11.8 Å². The van der Waals surface area contributed by atoms with E-state index in [1.165, 1.54) is 0 Å². The Morgan fingerprint density at radius 2 is 2.24 bits per heavy atom. The summed E-state index contributed by atoms with van der Waals surface area (Å²) in [5.74, 6) is 1.52. The molecule has 7 nitrogen and oxygen atoms in total. The van der Waals surface area contributed by atoms with Gasteiger partial charge in [-0.25, -0.2) is 8.42 Å². The summed E-state index contributed by atoms with van der Waals surface area (Å²) >= 11 is 0. The lowest BCUT2D eigenvalue weighted by Crippen LogP contribution is -2.35. The van der Waals surface area contributed by atoms with E-state index in [9.17, 15) is 13.2 Å². The fourth-order valence-corrected chi connectivity index (χ4v) is 3.89. The maximum Gasteiger partial charge on any atom is 0.226 e. The van der Waals surface area contributed by atoms with Crippen molar-refractivity contribution in [2.24, 2.45) is 0 Å². The molecule has 1 saturated heterocycles. The van der Waals surface area contributed by atoms with E-state index in [2.05, 4.69) is 15.5 Å². The van der Waals surface area contributed by atoms with Gasteiger partial charge in [0.25, 0.3) is 0 Å². The monoisotopic (exact) mass is 315 g/mol. The maximum absolute atomic E-state index is 11.7. The predicted molar refractivity (Wildman–Crippen MR) is 76.5 cm³/mol. The summed E-state index contributed by atoms with van der Waals surface area (Å²) in [5, 5.41) is 6.62. The minimum Gasteiger partial charge on any atom is -0.352 e. The summed E-state index contributed by atoms with van der Waals surface area (Å²) < 4.78 is 27.7. The lowest BCUT2D eigenvalue weighted by atomic mass is 10.2. The highest BCUT2D eigenvalue weighted by molar-refractivity contribution is 7.91. The highest BCUT2D eigenvalue weighted by Crippen LogP contribution is 2.13. The van der Waals surface area contributed by atoms with Gasteiger partial charge in [-0.3, -0.25) is 4.79 Å². The van der Waals surface area contributed by atoms with Crippen LogP contribution in [-0.2, 0) is 21.1 Å². The molecular formula is C13H21N3O4S. The number of nitrogens with one attached hydrogen (secondary N) is 1. The lowest BCUT2D eigenvalue weighted by Gasteiger charge is -2.09. The first-order valence-corrected chi connectivity index (χ1v) is 9.00. The van der Waals surface area contributed by atoms with Crippen molar-refractivity contribution in [2.45, 2.75) is 51.5 Å². The normalized spacial score (nSPS) is 20.8. The molecule has 1 unspecified atom stereocenters. The number of amides is 1. The molecule has 1 aliphatic heterocycles. The molecule has 21 heavy (non-hydrogen) atoms. The van der Waals surface area contributed by atoms with E-state index in [-0.39, 0.29) is 29.4 Å². The zero-order valence-electron chi connectivity index (χ0n) is 12.3. The molecular weight excluding hydrogens is 294 g/mol. The molecule has 0 spiro atoms. The first-order valence-electron chi connectivity index (χ1n) is 7.18. The Hall–Kier alpha value is -1.44. The standard InChI is InChI=1S/C13H21N3O4S/c1-9(2)13-15-12(20-16-13)5-3-4-11(17)14-10-6-7-21(18,19)8-10/h9-10H,3-8H2,1-2H3,(H,14,17). The summed E-state index contributed by atoms with van der Waals surface area (Å²) in [6, 6.07) is -0.238. The number of nitrogens with zero attached hydrogens (tertiary/aromatic N) is 2. The second-order valence-corrected chi connectivity index (χ2v) is 7.95. The average molecular weight is 315 g/mol. The van der Waals surface area contributed by atoms with E-state index in [1.54, 1.807) is 0 Å². The van der Waals surface area contributed by atoms with E-state index in [1.807, 2.05) is 13.8 Å². The van der Waals surface area contributed by atoms with Crippen molar-refractivity contribution < 1.29 is 17.7 Å². The van der Waals surface area contributed by atoms with Crippen LogP contribution in [0.3, 0.4) is 0 Å². The van der Waals surface area contributed by atoms with Crippen LogP contribution in [0, 0.1) is 0 Å². The summed E-state index contributed by atoms with van der Waals surface area (Å²) in [6.45, 7) is 3.97. The van der Waals surface area contributed by atoms with Crippen molar-refractivity contribution in [1.29, 1.82) is 0 Å². The zero-order chi connectivity index (χ0) is 15.5. The third kappa shape index (κ3) is 4.80. The molecule has 0 aromatic carbocycles. The van der Waals surface area contributed by atoms with Gasteiger partial charge in [0, 0.05) is 24.8 Å². The fraction of sp³-hybridized carbons (Fsp3) is 0.769. The fourth-order valence-electron chi connectivity index (χ4n) is 2.21. The molecule has 2 rings (SSSR count). The van der Waals surface area contributed by atoms with E-state index in [0.717, 1.165) is 0 Å². The largest absolute Gasteiger partial charge is 0.352 e. The van der Waals surface area contributed by atoms with Crippen molar-refractivity contribution in [2.75, 3.05) is 11.5 Å². The first-order chi connectivity index (χ1) is 9.85. The molecule has 1 aromatic heterocycles.